The monoisotopic (exact) mass is 269 g/mol. The van der Waals surface area contributed by atoms with Crippen molar-refractivity contribution in [2.75, 3.05) is 13.6 Å². The lowest BCUT2D eigenvalue weighted by atomic mass is 10.1. The van der Waals surface area contributed by atoms with Crippen molar-refractivity contribution in [3.05, 3.63) is 0 Å². The number of rotatable bonds is 14. The minimum atomic E-state index is 0.702. The Morgan fingerprint density at radius 2 is 1.00 bits per heavy atom. The molecule has 0 bridgehead atoms. The van der Waals surface area contributed by atoms with Crippen molar-refractivity contribution >= 4 is 0 Å². The van der Waals surface area contributed by atoms with Crippen molar-refractivity contribution in [3.8, 4) is 0 Å². The van der Waals surface area contributed by atoms with Gasteiger partial charge in [0.15, 0.2) is 0 Å². The van der Waals surface area contributed by atoms with Crippen molar-refractivity contribution in [1.29, 1.82) is 0 Å². The highest BCUT2D eigenvalue weighted by molar-refractivity contribution is 4.57. The van der Waals surface area contributed by atoms with Crippen molar-refractivity contribution in [2.45, 2.75) is 104 Å². The molecule has 0 aromatic heterocycles. The van der Waals surface area contributed by atoms with Crippen LogP contribution in [0, 0.1) is 0 Å². The molecular weight excluding hydrogens is 230 g/mol. The first-order chi connectivity index (χ1) is 9.18. The van der Waals surface area contributed by atoms with Gasteiger partial charge in [0.05, 0.1) is 0 Å². The zero-order valence-electron chi connectivity index (χ0n) is 14.2. The Morgan fingerprint density at radius 3 is 1.37 bits per heavy atom. The summed E-state index contributed by atoms with van der Waals surface area (Å²) < 4.78 is 0. The zero-order valence-corrected chi connectivity index (χ0v) is 14.2. The van der Waals surface area contributed by atoms with E-state index in [-0.39, 0.29) is 0 Å². The summed E-state index contributed by atoms with van der Waals surface area (Å²) in [7, 11) is 2.24. The van der Waals surface area contributed by atoms with Crippen LogP contribution in [0.25, 0.3) is 0 Å². The van der Waals surface area contributed by atoms with Crippen LogP contribution in [0.1, 0.15) is 97.8 Å². The van der Waals surface area contributed by atoms with Gasteiger partial charge in [-0.3, -0.25) is 0 Å². The Hall–Kier alpha value is -0.0400. The third-order valence-corrected chi connectivity index (χ3v) is 4.25. The van der Waals surface area contributed by atoms with Crippen LogP contribution in [-0.4, -0.2) is 24.5 Å². The molecule has 0 amide bonds. The minimum Gasteiger partial charge on any atom is -0.304 e. The topological polar surface area (TPSA) is 3.24 Å². The molecule has 0 saturated heterocycles. The second kappa shape index (κ2) is 14.4. The van der Waals surface area contributed by atoms with Crippen LogP contribution in [0.5, 0.6) is 0 Å². The van der Waals surface area contributed by atoms with Gasteiger partial charge in [0.1, 0.15) is 0 Å². The number of nitrogens with zero attached hydrogens (tertiary/aromatic N) is 1. The summed E-state index contributed by atoms with van der Waals surface area (Å²) >= 11 is 0. The molecule has 0 atom stereocenters. The molecule has 0 fully saturated rings. The van der Waals surface area contributed by atoms with Gasteiger partial charge in [-0.2, -0.15) is 0 Å². The smallest absolute Gasteiger partial charge is 0.00355 e. The average molecular weight is 270 g/mol. The molecule has 0 heterocycles. The molecule has 0 aliphatic heterocycles. The molecule has 0 aromatic carbocycles. The highest BCUT2D eigenvalue weighted by Crippen LogP contribution is 2.12. The first-order valence-corrected chi connectivity index (χ1v) is 8.88. The van der Waals surface area contributed by atoms with Gasteiger partial charge < -0.3 is 4.90 Å². The highest BCUT2D eigenvalue weighted by atomic mass is 15.1. The van der Waals surface area contributed by atoms with Crippen LogP contribution in [-0.2, 0) is 0 Å². The quantitative estimate of drug-likeness (QED) is 0.348. The molecule has 1 nitrogen and oxygen atoms in total. The van der Waals surface area contributed by atoms with E-state index in [0.717, 1.165) is 0 Å². The average Bonchev–Trinajstić information content (AvgIpc) is 2.39. The summed E-state index contributed by atoms with van der Waals surface area (Å²) in [5, 5.41) is 0. The summed E-state index contributed by atoms with van der Waals surface area (Å²) in [6.45, 7) is 8.12. The molecule has 116 valence electrons. The van der Waals surface area contributed by atoms with Gasteiger partial charge in [0, 0.05) is 6.04 Å². The van der Waals surface area contributed by atoms with Crippen molar-refractivity contribution in [3.63, 3.8) is 0 Å². The van der Waals surface area contributed by atoms with Crippen LogP contribution in [0.2, 0.25) is 0 Å². The first-order valence-electron chi connectivity index (χ1n) is 8.88. The molecule has 0 aliphatic rings. The molecule has 0 aromatic rings. The maximum Gasteiger partial charge on any atom is 0.00355 e. The SMILES string of the molecule is CCCCCCCCCCCCCCN(C)C(C)C. The normalized spacial score (nSPS) is 11.7. The number of unbranched alkanes of at least 4 members (excludes halogenated alkanes) is 11. The number of hydrogen-bond acceptors (Lipinski definition) is 1. The van der Waals surface area contributed by atoms with E-state index >= 15 is 0 Å². The lowest BCUT2D eigenvalue weighted by Gasteiger charge is -2.20. The third kappa shape index (κ3) is 14.2. The van der Waals surface area contributed by atoms with Crippen molar-refractivity contribution in [2.24, 2.45) is 0 Å². The van der Waals surface area contributed by atoms with Crippen LogP contribution in [0.3, 0.4) is 0 Å². The largest absolute Gasteiger partial charge is 0.304 e. The Morgan fingerprint density at radius 1 is 0.632 bits per heavy atom. The van der Waals surface area contributed by atoms with Gasteiger partial charge in [0.2, 0.25) is 0 Å². The molecule has 0 aliphatic carbocycles. The Labute approximate surface area is 123 Å². The minimum absolute atomic E-state index is 0.702. The fraction of sp³-hybridized carbons (Fsp3) is 1.00. The molecule has 0 saturated carbocycles. The second-order valence-corrected chi connectivity index (χ2v) is 6.46. The van der Waals surface area contributed by atoms with Crippen LogP contribution in [0.4, 0.5) is 0 Å². The molecule has 0 radical (unpaired) electrons. The lowest BCUT2D eigenvalue weighted by molar-refractivity contribution is 0.267. The van der Waals surface area contributed by atoms with Crippen LogP contribution in [0.15, 0.2) is 0 Å². The molecule has 0 unspecified atom stereocenters. The second-order valence-electron chi connectivity index (χ2n) is 6.46. The molecule has 19 heavy (non-hydrogen) atoms. The molecule has 0 rings (SSSR count). The molecular formula is C18H39N. The van der Waals surface area contributed by atoms with E-state index in [2.05, 4.69) is 32.7 Å². The summed E-state index contributed by atoms with van der Waals surface area (Å²) in [5.74, 6) is 0. The van der Waals surface area contributed by atoms with Gasteiger partial charge in [-0.15, -0.1) is 0 Å². The Bertz CT molecular complexity index is 165. The van der Waals surface area contributed by atoms with E-state index in [1.807, 2.05) is 0 Å². The number of hydrogen-bond donors (Lipinski definition) is 0. The molecule has 0 spiro atoms. The summed E-state index contributed by atoms with van der Waals surface area (Å²) in [5.41, 5.74) is 0. The molecule has 0 N–H and O–H groups in total. The van der Waals surface area contributed by atoms with Crippen LogP contribution >= 0.6 is 0 Å². The summed E-state index contributed by atoms with van der Waals surface area (Å²) in [6.07, 6.45) is 17.3. The van der Waals surface area contributed by atoms with Crippen molar-refractivity contribution in [1.82, 2.24) is 4.90 Å². The Kier molecular flexibility index (Phi) is 14.3. The summed E-state index contributed by atoms with van der Waals surface area (Å²) in [6, 6.07) is 0.702. The lowest BCUT2D eigenvalue weighted by Crippen LogP contribution is -2.27. The van der Waals surface area contributed by atoms with Crippen LogP contribution < -0.4 is 0 Å². The Balaban J connectivity index is 3.03. The van der Waals surface area contributed by atoms with Gasteiger partial charge in [0.25, 0.3) is 0 Å². The highest BCUT2D eigenvalue weighted by Gasteiger charge is 2.01. The summed E-state index contributed by atoms with van der Waals surface area (Å²) in [4.78, 5) is 2.45. The first kappa shape index (κ1) is 19.0. The fourth-order valence-corrected chi connectivity index (χ4v) is 2.46. The van der Waals surface area contributed by atoms with Gasteiger partial charge in [-0.1, -0.05) is 77.6 Å². The third-order valence-electron chi connectivity index (χ3n) is 4.25. The van der Waals surface area contributed by atoms with E-state index in [4.69, 9.17) is 0 Å². The molecule has 1 heteroatoms. The predicted molar refractivity (Wildman–Crippen MR) is 88.8 cm³/mol. The predicted octanol–water partition coefficient (Wildman–Crippen LogP) is 6.03. The standard InChI is InChI=1S/C18H39N/c1-5-6-7-8-9-10-11-12-13-14-15-16-17-19(4)18(2)3/h18H,5-17H2,1-4H3. The van der Waals surface area contributed by atoms with Gasteiger partial charge >= 0.3 is 0 Å². The van der Waals surface area contributed by atoms with Crippen molar-refractivity contribution < 1.29 is 0 Å². The van der Waals surface area contributed by atoms with E-state index < -0.39 is 0 Å². The maximum absolute atomic E-state index is 2.45. The maximum atomic E-state index is 2.45. The van der Waals surface area contributed by atoms with E-state index in [1.165, 1.54) is 83.6 Å². The van der Waals surface area contributed by atoms with E-state index in [9.17, 15) is 0 Å². The van der Waals surface area contributed by atoms with Gasteiger partial charge in [-0.25, -0.2) is 0 Å². The zero-order chi connectivity index (χ0) is 14.3. The fourth-order valence-electron chi connectivity index (χ4n) is 2.46. The van der Waals surface area contributed by atoms with E-state index in [1.54, 1.807) is 0 Å². The van der Waals surface area contributed by atoms with E-state index in [0.29, 0.717) is 6.04 Å². The van der Waals surface area contributed by atoms with Gasteiger partial charge in [-0.05, 0) is 33.9 Å².